The van der Waals surface area contributed by atoms with Crippen LogP contribution in [0.1, 0.15) is 5.56 Å². The van der Waals surface area contributed by atoms with Gasteiger partial charge in [-0.25, -0.2) is 0 Å². The first kappa shape index (κ1) is 15.9. The highest BCUT2D eigenvalue weighted by atomic mass is 28.3. The molecule has 0 radical (unpaired) electrons. The Morgan fingerprint density at radius 3 is 2.37 bits per heavy atom. The number of ether oxygens (including phenoxy) is 1. The van der Waals surface area contributed by atoms with Crippen molar-refractivity contribution in [1.82, 2.24) is 0 Å². The van der Waals surface area contributed by atoms with Crippen molar-refractivity contribution in [2.75, 3.05) is 13.2 Å². The van der Waals surface area contributed by atoms with Crippen molar-refractivity contribution >= 4 is 8.07 Å². The number of aliphatic hydroxyl groups excluding tert-OH is 1. The Labute approximate surface area is 116 Å². The summed E-state index contributed by atoms with van der Waals surface area (Å²) in [5, 5.41) is 19.4. The van der Waals surface area contributed by atoms with Crippen LogP contribution in [0, 0.1) is 11.5 Å². The number of hydrogen-bond acceptors (Lipinski definition) is 3. The summed E-state index contributed by atoms with van der Waals surface area (Å²) in [6.07, 6.45) is 0. The maximum absolute atomic E-state index is 10.1. The van der Waals surface area contributed by atoms with Crippen molar-refractivity contribution in [3.63, 3.8) is 0 Å². The van der Waals surface area contributed by atoms with Crippen molar-refractivity contribution in [3.8, 4) is 11.5 Å². The predicted molar refractivity (Wildman–Crippen MR) is 79.3 cm³/mol. The zero-order chi connectivity index (χ0) is 14.4. The first-order chi connectivity index (χ1) is 8.85. The average Bonchev–Trinajstić information content (AvgIpc) is 2.37. The number of benzene rings is 1. The molecule has 1 rings (SSSR count). The lowest BCUT2D eigenvalue weighted by atomic mass is 10.1. The molecule has 4 heteroatoms. The van der Waals surface area contributed by atoms with Crippen molar-refractivity contribution in [3.05, 3.63) is 35.9 Å². The molecule has 0 bridgehead atoms. The van der Waals surface area contributed by atoms with E-state index in [-0.39, 0.29) is 6.61 Å². The largest absolute Gasteiger partial charge is 0.392 e. The highest BCUT2D eigenvalue weighted by Gasteiger charge is 2.24. The molecular formula is C15H22O3Si. The van der Waals surface area contributed by atoms with E-state index in [1.54, 1.807) is 0 Å². The van der Waals surface area contributed by atoms with E-state index < -0.39 is 20.3 Å². The van der Waals surface area contributed by atoms with Gasteiger partial charge in [-0.2, -0.15) is 0 Å². The summed E-state index contributed by atoms with van der Waals surface area (Å²) in [6.45, 7) is 6.25. The van der Waals surface area contributed by atoms with Gasteiger partial charge in [-0.15, -0.1) is 5.54 Å². The zero-order valence-corrected chi connectivity index (χ0v) is 12.8. The van der Waals surface area contributed by atoms with Gasteiger partial charge in [-0.05, 0) is 5.56 Å². The second-order valence-electron chi connectivity index (χ2n) is 5.67. The first-order valence-electron chi connectivity index (χ1n) is 6.34. The minimum Gasteiger partial charge on any atom is -0.392 e. The molecular weight excluding hydrogens is 256 g/mol. The highest BCUT2D eigenvalue weighted by Crippen LogP contribution is 2.08. The van der Waals surface area contributed by atoms with Gasteiger partial charge in [-0.1, -0.05) is 55.9 Å². The lowest BCUT2D eigenvalue weighted by Gasteiger charge is -2.20. The molecule has 3 nitrogen and oxygen atoms in total. The van der Waals surface area contributed by atoms with Crippen LogP contribution >= 0.6 is 0 Å². The van der Waals surface area contributed by atoms with Gasteiger partial charge in [0.25, 0.3) is 0 Å². The summed E-state index contributed by atoms with van der Waals surface area (Å²) >= 11 is 0. The molecule has 2 N–H and O–H groups in total. The summed E-state index contributed by atoms with van der Waals surface area (Å²) in [5.74, 6) is 2.76. The quantitative estimate of drug-likeness (QED) is 0.638. The molecule has 19 heavy (non-hydrogen) atoms. The molecule has 0 heterocycles. The molecule has 0 aliphatic heterocycles. The third kappa shape index (κ3) is 6.55. The Balaban J connectivity index is 2.54. The van der Waals surface area contributed by atoms with Gasteiger partial charge < -0.3 is 14.9 Å². The topological polar surface area (TPSA) is 49.7 Å². The summed E-state index contributed by atoms with van der Waals surface area (Å²) in [6, 6.07) is 9.70. The van der Waals surface area contributed by atoms with Crippen LogP contribution in [0.3, 0.4) is 0 Å². The Morgan fingerprint density at radius 1 is 1.21 bits per heavy atom. The Hall–Kier alpha value is -1.12. The molecule has 0 aliphatic rings. The van der Waals surface area contributed by atoms with E-state index in [1.807, 2.05) is 30.3 Å². The van der Waals surface area contributed by atoms with E-state index >= 15 is 0 Å². The minimum absolute atomic E-state index is 0.00980. The van der Waals surface area contributed by atoms with Gasteiger partial charge in [-0.3, -0.25) is 0 Å². The normalized spacial score (nSPS) is 14.4. The van der Waals surface area contributed by atoms with Gasteiger partial charge in [0.2, 0.25) is 0 Å². The van der Waals surface area contributed by atoms with Gasteiger partial charge in [0.1, 0.15) is 8.07 Å². The lowest BCUT2D eigenvalue weighted by molar-refractivity contribution is -0.0438. The smallest absolute Gasteiger partial charge is 0.171 e. The average molecular weight is 278 g/mol. The summed E-state index contributed by atoms with van der Waals surface area (Å²) < 4.78 is 5.44. The zero-order valence-electron chi connectivity index (χ0n) is 11.8. The van der Waals surface area contributed by atoms with Crippen molar-refractivity contribution < 1.29 is 14.9 Å². The van der Waals surface area contributed by atoms with Crippen molar-refractivity contribution in [2.45, 2.75) is 31.8 Å². The third-order valence-corrected chi connectivity index (χ3v) is 3.26. The van der Waals surface area contributed by atoms with Gasteiger partial charge in [0, 0.05) is 0 Å². The van der Waals surface area contributed by atoms with Gasteiger partial charge in [0.05, 0.1) is 19.8 Å². The SMILES string of the molecule is C[Si](C)(C)C#C[C@](O)(CO)COCc1ccccc1. The fourth-order valence-electron chi connectivity index (χ4n) is 1.34. The molecule has 0 unspecified atom stereocenters. The van der Waals surface area contributed by atoms with E-state index in [0.717, 1.165) is 5.56 Å². The number of aliphatic hydroxyl groups is 2. The molecule has 0 aliphatic carbocycles. The van der Waals surface area contributed by atoms with Crippen molar-refractivity contribution in [2.24, 2.45) is 0 Å². The lowest BCUT2D eigenvalue weighted by Crippen LogP contribution is -2.37. The van der Waals surface area contributed by atoms with Gasteiger partial charge in [0.15, 0.2) is 5.60 Å². The summed E-state index contributed by atoms with van der Waals surface area (Å²) in [7, 11) is -1.57. The predicted octanol–water partition coefficient (Wildman–Crippen LogP) is 1.81. The van der Waals surface area contributed by atoms with E-state index in [0.29, 0.717) is 6.61 Å². The molecule has 1 aromatic carbocycles. The molecule has 104 valence electrons. The molecule has 0 amide bonds. The Morgan fingerprint density at radius 2 is 1.84 bits per heavy atom. The van der Waals surface area contributed by atoms with E-state index in [4.69, 9.17) is 4.74 Å². The minimum atomic E-state index is -1.57. The van der Waals surface area contributed by atoms with Crippen LogP contribution in [-0.2, 0) is 11.3 Å². The second kappa shape index (κ2) is 6.87. The molecule has 1 atom stereocenters. The summed E-state index contributed by atoms with van der Waals surface area (Å²) in [4.78, 5) is 0. The van der Waals surface area contributed by atoms with Crippen molar-refractivity contribution in [1.29, 1.82) is 0 Å². The molecule has 0 saturated carbocycles. The molecule has 1 aromatic rings. The van der Waals surface area contributed by atoms with Gasteiger partial charge >= 0.3 is 0 Å². The maximum Gasteiger partial charge on any atom is 0.171 e. The molecule has 0 spiro atoms. The van der Waals surface area contributed by atoms with Crippen LogP contribution in [-0.4, -0.2) is 37.1 Å². The number of rotatable bonds is 5. The Bertz CT molecular complexity index is 442. The monoisotopic (exact) mass is 278 g/mol. The third-order valence-electron chi connectivity index (χ3n) is 2.38. The maximum atomic E-state index is 10.1. The van der Waals surface area contributed by atoms with E-state index in [2.05, 4.69) is 31.1 Å². The fraction of sp³-hybridized carbons (Fsp3) is 0.467. The number of hydrogen-bond donors (Lipinski definition) is 2. The highest BCUT2D eigenvalue weighted by molar-refractivity contribution is 6.83. The van der Waals surface area contributed by atoms with Crippen LogP contribution in [0.5, 0.6) is 0 Å². The van der Waals surface area contributed by atoms with E-state index in [9.17, 15) is 10.2 Å². The van der Waals surface area contributed by atoms with E-state index in [1.165, 1.54) is 0 Å². The standard InChI is InChI=1S/C15H22O3Si/c1-19(2,3)10-9-15(17,12-16)13-18-11-14-7-5-4-6-8-14/h4-8,16-17H,11-13H2,1-3H3/t15-/m0/s1. The molecule has 0 aromatic heterocycles. The van der Waals surface area contributed by atoms with Crippen LogP contribution < -0.4 is 0 Å². The fourth-order valence-corrected chi connectivity index (χ4v) is 1.94. The van der Waals surface area contributed by atoms with Crippen LogP contribution in [0.25, 0.3) is 0 Å². The summed E-state index contributed by atoms with van der Waals surface area (Å²) in [5.41, 5.74) is 2.63. The Kier molecular flexibility index (Phi) is 5.76. The molecule has 0 fully saturated rings. The van der Waals surface area contributed by atoms with Crippen LogP contribution in [0.2, 0.25) is 19.6 Å². The molecule has 0 saturated heterocycles. The first-order valence-corrected chi connectivity index (χ1v) is 9.84. The van der Waals surface area contributed by atoms with Crippen LogP contribution in [0.15, 0.2) is 30.3 Å². The van der Waals surface area contributed by atoms with Crippen LogP contribution in [0.4, 0.5) is 0 Å². The second-order valence-corrected chi connectivity index (χ2v) is 10.4.